The molecule has 2 bridgehead atoms. The second-order valence-corrected chi connectivity index (χ2v) is 7.37. The number of fused-ring (bicyclic) bond motifs is 5. The maximum absolute atomic E-state index is 12.6. The SMILES string of the molecule is Cc1cccc(NC(=O)CCN2C(=O)[C@@H]3[C@@H](C2=O)[C@H]2C=C[C@H]3C2)c1C. The first-order valence-corrected chi connectivity index (χ1v) is 8.87. The predicted molar refractivity (Wildman–Crippen MR) is 93.6 cm³/mol. The number of carbonyl (C=O) groups is 3. The van der Waals surface area contributed by atoms with Crippen LogP contribution < -0.4 is 5.32 Å². The van der Waals surface area contributed by atoms with Crippen LogP contribution in [0, 0.1) is 37.5 Å². The van der Waals surface area contributed by atoms with Crippen molar-refractivity contribution in [3.8, 4) is 0 Å². The van der Waals surface area contributed by atoms with Crippen molar-refractivity contribution >= 4 is 23.4 Å². The van der Waals surface area contributed by atoms with Gasteiger partial charge in [-0.1, -0.05) is 24.3 Å². The van der Waals surface area contributed by atoms with Crippen LogP contribution in [0.4, 0.5) is 5.69 Å². The Morgan fingerprint density at radius 2 is 1.76 bits per heavy atom. The van der Waals surface area contributed by atoms with Gasteiger partial charge in [-0.25, -0.2) is 0 Å². The summed E-state index contributed by atoms with van der Waals surface area (Å²) < 4.78 is 0. The van der Waals surface area contributed by atoms with E-state index in [0.717, 1.165) is 23.2 Å². The van der Waals surface area contributed by atoms with Crippen molar-refractivity contribution in [1.82, 2.24) is 4.90 Å². The van der Waals surface area contributed by atoms with Crippen molar-refractivity contribution in [3.05, 3.63) is 41.5 Å². The number of carbonyl (C=O) groups excluding carboxylic acids is 3. The molecule has 25 heavy (non-hydrogen) atoms. The first-order chi connectivity index (χ1) is 12.0. The standard InChI is InChI=1S/C20H22N2O3/c1-11-4-3-5-15(12(11)2)21-16(23)8-9-22-19(24)17-13-6-7-14(10-13)18(17)20(22)25/h3-7,13-14,17-18H,8-10H2,1-2H3,(H,21,23)/t13-,14-,17-,18-/m0/s1. The van der Waals surface area contributed by atoms with Crippen LogP contribution in [0.2, 0.25) is 0 Å². The van der Waals surface area contributed by atoms with Gasteiger partial charge >= 0.3 is 0 Å². The van der Waals surface area contributed by atoms with Crippen molar-refractivity contribution in [2.24, 2.45) is 23.7 Å². The average Bonchev–Trinajstić information content (AvgIpc) is 3.25. The van der Waals surface area contributed by atoms with Crippen LogP contribution in [0.5, 0.6) is 0 Å². The summed E-state index contributed by atoms with van der Waals surface area (Å²) in [6, 6.07) is 5.75. The fourth-order valence-corrected chi connectivity index (χ4v) is 4.50. The summed E-state index contributed by atoms with van der Waals surface area (Å²) in [5.41, 5.74) is 2.92. The first kappa shape index (κ1) is 16.1. The maximum Gasteiger partial charge on any atom is 0.233 e. The lowest BCUT2D eigenvalue weighted by molar-refractivity contribution is -0.140. The first-order valence-electron chi connectivity index (χ1n) is 8.87. The summed E-state index contributed by atoms with van der Waals surface area (Å²) in [6.07, 6.45) is 5.21. The van der Waals surface area contributed by atoms with E-state index in [0.29, 0.717) is 0 Å². The Bertz CT molecular complexity index is 768. The third kappa shape index (κ3) is 2.49. The van der Waals surface area contributed by atoms with Gasteiger partial charge in [0.1, 0.15) is 0 Å². The van der Waals surface area contributed by atoms with Crippen LogP contribution >= 0.6 is 0 Å². The molecule has 1 saturated carbocycles. The summed E-state index contributed by atoms with van der Waals surface area (Å²) in [4.78, 5) is 38.8. The van der Waals surface area contributed by atoms with Crippen LogP contribution in [0.1, 0.15) is 24.0 Å². The average molecular weight is 338 g/mol. The van der Waals surface area contributed by atoms with Crippen molar-refractivity contribution < 1.29 is 14.4 Å². The Morgan fingerprint density at radius 3 is 2.40 bits per heavy atom. The molecule has 3 aliphatic rings. The van der Waals surface area contributed by atoms with Crippen molar-refractivity contribution in [2.45, 2.75) is 26.7 Å². The molecule has 1 aromatic carbocycles. The number of aryl methyl sites for hydroxylation is 1. The fraction of sp³-hybridized carbons (Fsp3) is 0.450. The smallest absolute Gasteiger partial charge is 0.233 e. The molecule has 130 valence electrons. The van der Waals surface area contributed by atoms with Crippen LogP contribution in [-0.4, -0.2) is 29.2 Å². The van der Waals surface area contributed by atoms with E-state index in [1.807, 2.05) is 32.0 Å². The number of nitrogens with one attached hydrogen (secondary N) is 1. The highest BCUT2D eigenvalue weighted by Crippen LogP contribution is 2.52. The number of allylic oxidation sites excluding steroid dienone is 2. The van der Waals surface area contributed by atoms with E-state index in [2.05, 4.69) is 17.5 Å². The second-order valence-electron chi connectivity index (χ2n) is 7.37. The molecular weight excluding hydrogens is 316 g/mol. The summed E-state index contributed by atoms with van der Waals surface area (Å²) in [5.74, 6) is -0.320. The molecule has 3 amide bonds. The number of anilines is 1. The van der Waals surface area contributed by atoms with Crippen LogP contribution in [0.15, 0.2) is 30.4 Å². The summed E-state index contributed by atoms with van der Waals surface area (Å²) >= 11 is 0. The number of hydrogen-bond acceptors (Lipinski definition) is 3. The minimum Gasteiger partial charge on any atom is -0.326 e. The minimum atomic E-state index is -0.190. The van der Waals surface area contributed by atoms with E-state index in [1.165, 1.54) is 4.90 Å². The van der Waals surface area contributed by atoms with E-state index in [9.17, 15) is 14.4 Å². The summed E-state index contributed by atoms with van der Waals surface area (Å²) in [7, 11) is 0. The van der Waals surface area contributed by atoms with Crippen molar-refractivity contribution in [2.75, 3.05) is 11.9 Å². The maximum atomic E-state index is 12.6. The largest absolute Gasteiger partial charge is 0.326 e. The molecule has 0 unspecified atom stereocenters. The molecule has 5 nitrogen and oxygen atoms in total. The molecule has 1 aromatic rings. The zero-order valence-corrected chi connectivity index (χ0v) is 14.5. The molecule has 0 aromatic heterocycles. The number of rotatable bonds is 4. The molecule has 2 fully saturated rings. The van der Waals surface area contributed by atoms with Gasteiger partial charge in [-0.15, -0.1) is 0 Å². The molecular formula is C20H22N2O3. The Hall–Kier alpha value is -2.43. The van der Waals surface area contributed by atoms with Crippen molar-refractivity contribution in [3.63, 3.8) is 0 Å². The molecule has 1 heterocycles. The van der Waals surface area contributed by atoms with Gasteiger partial charge < -0.3 is 5.32 Å². The summed E-state index contributed by atoms with van der Waals surface area (Å²) in [5, 5.41) is 2.88. The molecule has 4 atom stereocenters. The third-order valence-electron chi connectivity index (χ3n) is 6.00. The van der Waals surface area contributed by atoms with Gasteiger partial charge in [0.2, 0.25) is 17.7 Å². The highest BCUT2D eigenvalue weighted by Gasteiger charge is 2.58. The predicted octanol–water partition coefficient (Wildman–Crippen LogP) is 2.44. The number of hydrogen-bond donors (Lipinski definition) is 1. The molecule has 4 rings (SSSR count). The van der Waals surface area contributed by atoms with Gasteiger partial charge in [-0.2, -0.15) is 0 Å². The Balaban J connectivity index is 1.39. The third-order valence-corrected chi connectivity index (χ3v) is 6.00. The number of amides is 3. The lowest BCUT2D eigenvalue weighted by atomic mass is 9.85. The van der Waals surface area contributed by atoms with Crippen LogP contribution in [0.25, 0.3) is 0 Å². The summed E-state index contributed by atoms with van der Waals surface area (Å²) in [6.45, 7) is 4.12. The quantitative estimate of drug-likeness (QED) is 0.677. The van der Waals surface area contributed by atoms with Gasteiger partial charge in [0.05, 0.1) is 11.8 Å². The van der Waals surface area contributed by atoms with E-state index < -0.39 is 0 Å². The molecule has 1 N–H and O–H groups in total. The lowest BCUT2D eigenvalue weighted by Gasteiger charge is -2.17. The Morgan fingerprint density at radius 1 is 1.12 bits per heavy atom. The van der Waals surface area contributed by atoms with E-state index >= 15 is 0 Å². The number of benzene rings is 1. The van der Waals surface area contributed by atoms with E-state index in [-0.39, 0.29) is 54.4 Å². The van der Waals surface area contributed by atoms with Gasteiger partial charge in [-0.05, 0) is 49.3 Å². The Kier molecular flexibility index (Phi) is 3.74. The highest BCUT2D eigenvalue weighted by atomic mass is 16.2. The molecule has 5 heteroatoms. The second kappa shape index (κ2) is 5.83. The topological polar surface area (TPSA) is 66.5 Å². The normalized spacial score (nSPS) is 29.4. The molecule has 0 radical (unpaired) electrons. The van der Waals surface area contributed by atoms with E-state index in [1.54, 1.807) is 0 Å². The number of imide groups is 1. The number of likely N-dealkylation sites (tertiary alicyclic amines) is 1. The van der Waals surface area contributed by atoms with Gasteiger partial charge in [0.25, 0.3) is 0 Å². The monoisotopic (exact) mass is 338 g/mol. The van der Waals surface area contributed by atoms with Crippen LogP contribution in [-0.2, 0) is 14.4 Å². The molecule has 1 aliphatic heterocycles. The Labute approximate surface area is 147 Å². The highest BCUT2D eigenvalue weighted by molar-refractivity contribution is 6.06. The van der Waals surface area contributed by atoms with Crippen LogP contribution in [0.3, 0.4) is 0 Å². The minimum absolute atomic E-state index is 0.0913. The fourth-order valence-electron chi connectivity index (χ4n) is 4.50. The zero-order chi connectivity index (χ0) is 17.7. The molecule has 0 spiro atoms. The van der Waals surface area contributed by atoms with Gasteiger partial charge in [0.15, 0.2) is 0 Å². The molecule has 1 saturated heterocycles. The zero-order valence-electron chi connectivity index (χ0n) is 14.5. The number of nitrogens with zero attached hydrogens (tertiary/aromatic N) is 1. The van der Waals surface area contributed by atoms with Gasteiger partial charge in [0, 0.05) is 18.7 Å². The molecule has 2 aliphatic carbocycles. The lowest BCUT2D eigenvalue weighted by Crippen LogP contribution is -2.35. The van der Waals surface area contributed by atoms with Gasteiger partial charge in [-0.3, -0.25) is 19.3 Å². The van der Waals surface area contributed by atoms with Crippen molar-refractivity contribution in [1.29, 1.82) is 0 Å². The van der Waals surface area contributed by atoms with E-state index in [4.69, 9.17) is 0 Å².